The van der Waals surface area contributed by atoms with Crippen molar-refractivity contribution in [3.63, 3.8) is 0 Å². The van der Waals surface area contributed by atoms with Gasteiger partial charge in [-0.15, -0.1) is 0 Å². The first kappa shape index (κ1) is 14.3. The van der Waals surface area contributed by atoms with Crippen LogP contribution in [-0.2, 0) is 16.0 Å². The first-order valence-electron chi connectivity index (χ1n) is 7.41. The Hall–Kier alpha value is -2.62. The number of carbonyl (C=O) groups excluding carboxylic acids is 2. The average molecular weight is 294 g/mol. The third-order valence-electron chi connectivity index (χ3n) is 3.77. The van der Waals surface area contributed by atoms with Crippen molar-refractivity contribution in [3.8, 4) is 11.1 Å². The smallest absolute Gasteiger partial charge is 0.224 e. The third-order valence-corrected chi connectivity index (χ3v) is 3.77. The second-order valence-electron chi connectivity index (χ2n) is 5.51. The number of hydrogen-bond donors (Lipinski definition) is 2. The Balaban J connectivity index is 1.59. The fraction of sp³-hybridized carbons (Fsp3) is 0.222. The van der Waals surface area contributed by atoms with Gasteiger partial charge < -0.3 is 10.6 Å². The predicted octanol–water partition coefficient (Wildman–Crippen LogP) is 1.90. The fourth-order valence-electron chi connectivity index (χ4n) is 2.62. The van der Waals surface area contributed by atoms with Gasteiger partial charge in [0.1, 0.15) is 0 Å². The molecule has 4 nitrogen and oxygen atoms in total. The van der Waals surface area contributed by atoms with Gasteiger partial charge in [0.2, 0.25) is 11.8 Å². The van der Waals surface area contributed by atoms with E-state index in [0.29, 0.717) is 19.4 Å². The van der Waals surface area contributed by atoms with Crippen molar-refractivity contribution < 1.29 is 9.59 Å². The Labute approximate surface area is 129 Å². The highest BCUT2D eigenvalue weighted by Crippen LogP contribution is 2.19. The normalized spacial score (nSPS) is 17.1. The van der Waals surface area contributed by atoms with Gasteiger partial charge in [0.25, 0.3) is 0 Å². The molecule has 2 amide bonds. The summed E-state index contributed by atoms with van der Waals surface area (Å²) in [4.78, 5) is 23.1. The summed E-state index contributed by atoms with van der Waals surface area (Å²) in [5.74, 6) is -0.0496. The molecule has 1 heterocycles. The first-order valence-corrected chi connectivity index (χ1v) is 7.41. The highest BCUT2D eigenvalue weighted by Gasteiger charge is 2.22. The molecule has 2 N–H and O–H groups in total. The lowest BCUT2D eigenvalue weighted by molar-refractivity contribution is -0.121. The molecule has 0 saturated carbocycles. The largest absolute Gasteiger partial charge is 0.354 e. The van der Waals surface area contributed by atoms with Gasteiger partial charge in [0, 0.05) is 13.0 Å². The molecule has 0 aliphatic carbocycles. The van der Waals surface area contributed by atoms with Crippen LogP contribution in [0.3, 0.4) is 0 Å². The van der Waals surface area contributed by atoms with Crippen LogP contribution >= 0.6 is 0 Å². The predicted molar refractivity (Wildman–Crippen MR) is 85.1 cm³/mol. The summed E-state index contributed by atoms with van der Waals surface area (Å²) in [6.45, 7) is 0.525. The van der Waals surface area contributed by atoms with Crippen LogP contribution in [0.2, 0.25) is 0 Å². The number of nitrogens with one attached hydrogen (secondary N) is 2. The Morgan fingerprint density at radius 3 is 2.36 bits per heavy atom. The fourth-order valence-corrected chi connectivity index (χ4v) is 2.62. The van der Waals surface area contributed by atoms with Gasteiger partial charge in [-0.2, -0.15) is 0 Å². The molecule has 0 bridgehead atoms. The van der Waals surface area contributed by atoms with Crippen LogP contribution in [0.25, 0.3) is 11.1 Å². The molecule has 2 aromatic carbocycles. The highest BCUT2D eigenvalue weighted by molar-refractivity contribution is 5.83. The maximum absolute atomic E-state index is 12.0. The van der Waals surface area contributed by atoms with E-state index in [2.05, 4.69) is 22.8 Å². The van der Waals surface area contributed by atoms with Crippen molar-refractivity contribution in [2.45, 2.75) is 18.9 Å². The zero-order valence-electron chi connectivity index (χ0n) is 12.2. The third kappa shape index (κ3) is 3.52. The summed E-state index contributed by atoms with van der Waals surface area (Å²) >= 11 is 0. The SMILES string of the molecule is O=C1C[C@@H](NC(=O)Cc2ccc(-c3ccccc3)cc2)CN1. The molecule has 0 unspecified atom stereocenters. The Morgan fingerprint density at radius 1 is 1.05 bits per heavy atom. The van der Waals surface area contributed by atoms with Gasteiger partial charge >= 0.3 is 0 Å². The van der Waals surface area contributed by atoms with E-state index in [1.807, 2.05) is 42.5 Å². The van der Waals surface area contributed by atoms with Crippen LogP contribution in [0, 0.1) is 0 Å². The van der Waals surface area contributed by atoms with E-state index in [0.717, 1.165) is 16.7 Å². The second-order valence-corrected chi connectivity index (χ2v) is 5.51. The summed E-state index contributed by atoms with van der Waals surface area (Å²) in [6.07, 6.45) is 0.707. The molecule has 0 spiro atoms. The zero-order valence-corrected chi connectivity index (χ0v) is 12.2. The number of benzene rings is 2. The van der Waals surface area contributed by atoms with Gasteiger partial charge in [-0.1, -0.05) is 54.6 Å². The van der Waals surface area contributed by atoms with Crippen LogP contribution in [0.1, 0.15) is 12.0 Å². The molecule has 1 atom stereocenters. The minimum atomic E-state index is -0.0800. The number of hydrogen-bond acceptors (Lipinski definition) is 2. The molecule has 1 aliphatic rings. The van der Waals surface area contributed by atoms with Crippen molar-refractivity contribution in [2.24, 2.45) is 0 Å². The molecule has 1 aliphatic heterocycles. The van der Waals surface area contributed by atoms with Gasteiger partial charge in [-0.25, -0.2) is 0 Å². The topological polar surface area (TPSA) is 58.2 Å². The zero-order chi connectivity index (χ0) is 15.4. The van der Waals surface area contributed by atoms with Crippen molar-refractivity contribution in [3.05, 3.63) is 60.2 Å². The van der Waals surface area contributed by atoms with E-state index >= 15 is 0 Å². The lowest BCUT2D eigenvalue weighted by Crippen LogP contribution is -2.37. The summed E-state index contributed by atoms with van der Waals surface area (Å²) < 4.78 is 0. The maximum atomic E-state index is 12.0. The van der Waals surface area contributed by atoms with Crippen molar-refractivity contribution >= 4 is 11.8 Å². The first-order chi connectivity index (χ1) is 10.7. The Kier molecular flexibility index (Phi) is 4.19. The molecule has 0 radical (unpaired) electrons. The van der Waals surface area contributed by atoms with Gasteiger partial charge in [-0.05, 0) is 16.7 Å². The van der Waals surface area contributed by atoms with Gasteiger partial charge in [-0.3, -0.25) is 9.59 Å². The van der Waals surface area contributed by atoms with Crippen LogP contribution < -0.4 is 10.6 Å². The van der Waals surface area contributed by atoms with Crippen molar-refractivity contribution in [1.82, 2.24) is 10.6 Å². The molecular formula is C18H18N2O2. The monoisotopic (exact) mass is 294 g/mol. The van der Waals surface area contributed by atoms with Crippen molar-refractivity contribution in [1.29, 1.82) is 0 Å². The molecule has 1 saturated heterocycles. The van der Waals surface area contributed by atoms with E-state index in [1.54, 1.807) is 0 Å². The standard InChI is InChI=1S/C18H18N2O2/c21-17-11-16(12-19-17)20-18(22)10-13-6-8-15(9-7-13)14-4-2-1-3-5-14/h1-9,16H,10-12H2,(H,19,21)(H,20,22)/t16-/m1/s1. The van der Waals surface area contributed by atoms with E-state index in [9.17, 15) is 9.59 Å². The lowest BCUT2D eigenvalue weighted by Gasteiger charge is -2.10. The van der Waals surface area contributed by atoms with E-state index in [-0.39, 0.29) is 17.9 Å². The van der Waals surface area contributed by atoms with E-state index in [4.69, 9.17) is 0 Å². The quantitative estimate of drug-likeness (QED) is 0.905. The highest BCUT2D eigenvalue weighted by atomic mass is 16.2. The molecule has 2 aromatic rings. The molecule has 4 heteroatoms. The minimum Gasteiger partial charge on any atom is -0.354 e. The van der Waals surface area contributed by atoms with Crippen LogP contribution in [0.5, 0.6) is 0 Å². The Bertz CT molecular complexity index is 665. The van der Waals surface area contributed by atoms with Gasteiger partial charge in [0.05, 0.1) is 12.5 Å². The number of carbonyl (C=O) groups is 2. The Morgan fingerprint density at radius 2 is 1.73 bits per heavy atom. The summed E-state index contributed by atoms with van der Waals surface area (Å²) in [6, 6.07) is 18.0. The molecule has 0 aromatic heterocycles. The van der Waals surface area contributed by atoms with Gasteiger partial charge in [0.15, 0.2) is 0 Å². The van der Waals surface area contributed by atoms with E-state index < -0.39 is 0 Å². The summed E-state index contributed by atoms with van der Waals surface area (Å²) in [5.41, 5.74) is 3.26. The van der Waals surface area contributed by atoms with Crippen molar-refractivity contribution in [2.75, 3.05) is 6.54 Å². The lowest BCUT2D eigenvalue weighted by atomic mass is 10.0. The summed E-state index contributed by atoms with van der Waals surface area (Å²) in [5, 5.41) is 5.59. The molecule has 3 rings (SSSR count). The molecule has 112 valence electrons. The minimum absolute atomic E-state index is 0.00230. The van der Waals surface area contributed by atoms with Crippen LogP contribution in [0.4, 0.5) is 0 Å². The number of rotatable bonds is 4. The van der Waals surface area contributed by atoms with E-state index in [1.165, 1.54) is 0 Å². The number of amides is 2. The average Bonchev–Trinajstić information content (AvgIpc) is 2.94. The van der Waals surface area contributed by atoms with Crippen LogP contribution in [-0.4, -0.2) is 24.4 Å². The maximum Gasteiger partial charge on any atom is 0.224 e. The summed E-state index contributed by atoms with van der Waals surface area (Å²) in [7, 11) is 0. The van der Waals surface area contributed by atoms with Crippen LogP contribution in [0.15, 0.2) is 54.6 Å². The molecule has 1 fully saturated rings. The second kappa shape index (κ2) is 6.43. The molecular weight excluding hydrogens is 276 g/mol. The molecule has 22 heavy (non-hydrogen) atoms.